The Balaban J connectivity index is 2.42. The Morgan fingerprint density at radius 1 is 1.50 bits per heavy atom. The van der Waals surface area contributed by atoms with Crippen LogP contribution in [0.2, 0.25) is 0 Å². The highest BCUT2D eigenvalue weighted by Gasteiger charge is 2.14. The van der Waals surface area contributed by atoms with Crippen LogP contribution in [0.1, 0.15) is 6.92 Å². The van der Waals surface area contributed by atoms with Crippen molar-refractivity contribution >= 4 is 17.2 Å². The molecule has 0 aromatic heterocycles. The minimum atomic E-state index is 0.299. The Morgan fingerprint density at radius 3 is 3.07 bits per heavy atom. The van der Waals surface area contributed by atoms with Crippen LogP contribution >= 0.6 is 0 Å². The van der Waals surface area contributed by atoms with Crippen molar-refractivity contribution in [3.63, 3.8) is 0 Å². The molecular weight excluding hydrogens is 176 g/mol. The molecule has 1 aromatic rings. The quantitative estimate of drug-likeness (QED) is 0.426. The van der Waals surface area contributed by atoms with E-state index < -0.39 is 0 Å². The third-order valence-corrected chi connectivity index (χ3v) is 2.36. The van der Waals surface area contributed by atoms with Gasteiger partial charge in [-0.2, -0.15) is 0 Å². The lowest BCUT2D eigenvalue weighted by Gasteiger charge is -2.10. The van der Waals surface area contributed by atoms with E-state index in [0.29, 0.717) is 5.92 Å². The Bertz CT molecular complexity index is 359. The number of hydrazine groups is 1. The number of amidine groups is 1. The number of hydrogen-bond donors (Lipinski definition) is 3. The molecule has 0 saturated heterocycles. The number of nitrogens with two attached hydrogens (primary N) is 1. The summed E-state index contributed by atoms with van der Waals surface area (Å²) in [4.78, 5) is 4.46. The molecule has 1 atom stereocenters. The molecule has 4 nitrogen and oxygen atoms in total. The van der Waals surface area contributed by atoms with Crippen LogP contribution in [0.15, 0.2) is 29.3 Å². The van der Waals surface area contributed by atoms with Gasteiger partial charge in [0.1, 0.15) is 5.84 Å². The van der Waals surface area contributed by atoms with Gasteiger partial charge in [-0.3, -0.25) is 0 Å². The molecule has 0 fully saturated rings. The molecule has 14 heavy (non-hydrogen) atoms. The van der Waals surface area contributed by atoms with E-state index in [-0.39, 0.29) is 0 Å². The predicted molar refractivity (Wildman–Crippen MR) is 58.5 cm³/mol. The first kappa shape index (κ1) is 9.02. The highest BCUT2D eigenvalue weighted by atomic mass is 15.3. The van der Waals surface area contributed by atoms with Crippen LogP contribution in [0.25, 0.3) is 0 Å². The number of nitrogens with zero attached hydrogens (tertiary/aromatic N) is 1. The zero-order valence-electron chi connectivity index (χ0n) is 8.12. The van der Waals surface area contributed by atoms with Gasteiger partial charge in [0.2, 0.25) is 0 Å². The lowest BCUT2D eigenvalue weighted by Crippen LogP contribution is -2.36. The smallest absolute Gasteiger partial charge is 0.121 e. The first-order valence-corrected chi connectivity index (χ1v) is 4.69. The van der Waals surface area contributed by atoms with Crippen molar-refractivity contribution in [3.8, 4) is 0 Å². The van der Waals surface area contributed by atoms with Crippen LogP contribution in [0.5, 0.6) is 0 Å². The van der Waals surface area contributed by atoms with Crippen molar-refractivity contribution in [2.24, 2.45) is 16.8 Å². The molecule has 1 aromatic carbocycles. The number of anilines is 1. The van der Waals surface area contributed by atoms with Crippen LogP contribution in [-0.2, 0) is 0 Å². The van der Waals surface area contributed by atoms with E-state index >= 15 is 0 Å². The highest BCUT2D eigenvalue weighted by molar-refractivity contribution is 5.89. The lowest BCUT2D eigenvalue weighted by atomic mass is 10.1. The summed E-state index contributed by atoms with van der Waals surface area (Å²) in [5.41, 5.74) is 4.64. The number of hydrogen-bond acceptors (Lipinski definition) is 4. The molecule has 1 aliphatic rings. The van der Waals surface area contributed by atoms with E-state index in [1.165, 1.54) is 0 Å². The fourth-order valence-corrected chi connectivity index (χ4v) is 1.49. The number of para-hydroxylation sites is 2. The topological polar surface area (TPSA) is 62.4 Å². The second-order valence-corrected chi connectivity index (χ2v) is 3.44. The highest BCUT2D eigenvalue weighted by Crippen LogP contribution is 2.27. The summed E-state index contributed by atoms with van der Waals surface area (Å²) in [7, 11) is 0. The first-order chi connectivity index (χ1) is 6.81. The van der Waals surface area contributed by atoms with E-state index in [2.05, 4.69) is 22.7 Å². The van der Waals surface area contributed by atoms with Gasteiger partial charge in [-0.15, -0.1) is 0 Å². The minimum Gasteiger partial charge on any atom is -0.383 e. The largest absolute Gasteiger partial charge is 0.383 e. The van der Waals surface area contributed by atoms with Gasteiger partial charge in [-0.1, -0.05) is 19.1 Å². The van der Waals surface area contributed by atoms with Gasteiger partial charge >= 0.3 is 0 Å². The zero-order chi connectivity index (χ0) is 9.97. The Kier molecular flexibility index (Phi) is 2.37. The van der Waals surface area contributed by atoms with Gasteiger partial charge in [0.15, 0.2) is 0 Å². The number of rotatable bonds is 0. The van der Waals surface area contributed by atoms with Gasteiger partial charge in [-0.25, -0.2) is 10.8 Å². The molecule has 4 heteroatoms. The molecule has 1 aliphatic heterocycles. The molecule has 0 radical (unpaired) electrons. The maximum absolute atomic E-state index is 5.41. The minimum absolute atomic E-state index is 0.299. The monoisotopic (exact) mass is 190 g/mol. The third-order valence-electron chi connectivity index (χ3n) is 2.36. The third kappa shape index (κ3) is 1.56. The van der Waals surface area contributed by atoms with Crippen molar-refractivity contribution in [2.75, 3.05) is 11.9 Å². The average Bonchev–Trinajstić information content (AvgIpc) is 2.38. The Labute approximate surface area is 83.2 Å². The van der Waals surface area contributed by atoms with E-state index in [1.54, 1.807) is 0 Å². The summed E-state index contributed by atoms with van der Waals surface area (Å²) in [6.45, 7) is 2.93. The van der Waals surface area contributed by atoms with Crippen molar-refractivity contribution in [2.45, 2.75) is 6.92 Å². The predicted octanol–water partition coefficient (Wildman–Crippen LogP) is 1.24. The van der Waals surface area contributed by atoms with Gasteiger partial charge in [0.25, 0.3) is 0 Å². The lowest BCUT2D eigenvalue weighted by molar-refractivity contribution is 0.774. The maximum Gasteiger partial charge on any atom is 0.121 e. The van der Waals surface area contributed by atoms with Gasteiger partial charge in [0, 0.05) is 12.5 Å². The molecule has 1 unspecified atom stereocenters. The Morgan fingerprint density at radius 2 is 2.29 bits per heavy atom. The number of nitrogens with one attached hydrogen (secondary N) is 2. The fourth-order valence-electron chi connectivity index (χ4n) is 1.49. The fraction of sp³-hybridized carbons (Fsp3) is 0.300. The number of aliphatic imine (C=N–C) groups is 1. The average molecular weight is 190 g/mol. The first-order valence-electron chi connectivity index (χ1n) is 4.69. The molecule has 0 spiro atoms. The summed E-state index contributed by atoms with van der Waals surface area (Å²) in [5, 5.41) is 3.33. The summed E-state index contributed by atoms with van der Waals surface area (Å²) >= 11 is 0. The van der Waals surface area contributed by atoms with Crippen LogP contribution in [0.4, 0.5) is 11.4 Å². The van der Waals surface area contributed by atoms with Gasteiger partial charge in [-0.05, 0) is 12.1 Å². The van der Waals surface area contributed by atoms with Crippen molar-refractivity contribution in [3.05, 3.63) is 24.3 Å². The summed E-state index contributed by atoms with van der Waals surface area (Å²) < 4.78 is 0. The molecule has 4 N–H and O–H groups in total. The summed E-state index contributed by atoms with van der Waals surface area (Å²) in [6.07, 6.45) is 0. The standard InChI is InChI=1S/C10H14N4/c1-7-6-12-8-4-2-3-5-9(8)13-10(7)14-11/h2-5,7,12H,6,11H2,1H3,(H,13,14). The normalized spacial score (nSPS) is 20.1. The van der Waals surface area contributed by atoms with Gasteiger partial charge < -0.3 is 10.7 Å². The summed E-state index contributed by atoms with van der Waals surface area (Å²) in [5.74, 6) is 6.53. The molecule has 2 rings (SSSR count). The molecule has 0 bridgehead atoms. The maximum atomic E-state index is 5.41. The van der Waals surface area contributed by atoms with E-state index in [4.69, 9.17) is 5.84 Å². The van der Waals surface area contributed by atoms with E-state index in [9.17, 15) is 0 Å². The van der Waals surface area contributed by atoms with Crippen molar-refractivity contribution in [1.82, 2.24) is 5.43 Å². The molecule has 1 heterocycles. The van der Waals surface area contributed by atoms with Crippen molar-refractivity contribution in [1.29, 1.82) is 0 Å². The molecule has 74 valence electrons. The van der Waals surface area contributed by atoms with Gasteiger partial charge in [0.05, 0.1) is 11.4 Å². The Hall–Kier alpha value is -1.55. The molecule has 0 aliphatic carbocycles. The van der Waals surface area contributed by atoms with E-state index in [1.807, 2.05) is 24.3 Å². The van der Waals surface area contributed by atoms with Crippen LogP contribution in [0.3, 0.4) is 0 Å². The second kappa shape index (κ2) is 3.67. The van der Waals surface area contributed by atoms with Crippen LogP contribution in [-0.4, -0.2) is 12.4 Å². The second-order valence-electron chi connectivity index (χ2n) is 3.44. The SMILES string of the molecule is CC1CNc2ccccc2N=C1NN. The summed E-state index contributed by atoms with van der Waals surface area (Å²) in [6, 6.07) is 7.95. The molecular formula is C10H14N4. The molecule has 0 saturated carbocycles. The van der Waals surface area contributed by atoms with Crippen LogP contribution in [0, 0.1) is 5.92 Å². The number of fused-ring (bicyclic) bond motifs is 1. The van der Waals surface area contributed by atoms with E-state index in [0.717, 1.165) is 23.8 Å². The van der Waals surface area contributed by atoms with Crippen molar-refractivity contribution < 1.29 is 0 Å². The van der Waals surface area contributed by atoms with Crippen LogP contribution < -0.4 is 16.6 Å². The zero-order valence-corrected chi connectivity index (χ0v) is 8.12. The molecule has 0 amide bonds. The number of benzene rings is 1.